The maximum absolute atomic E-state index is 12.7. The number of carboxylic acids is 1. The Morgan fingerprint density at radius 1 is 1.27 bits per heavy atom. The van der Waals surface area contributed by atoms with Crippen LogP contribution in [0.3, 0.4) is 0 Å². The number of alkyl halides is 3. The van der Waals surface area contributed by atoms with Crippen molar-refractivity contribution in [3.8, 4) is 11.1 Å². The van der Waals surface area contributed by atoms with Gasteiger partial charge in [0.05, 0.1) is 6.04 Å². The molecule has 4 N–H and O–H groups in total. The largest absolute Gasteiger partial charge is 0.490 e. The minimum absolute atomic E-state index is 0.0267. The zero-order valence-corrected chi connectivity index (χ0v) is 15.9. The first-order valence-corrected chi connectivity index (χ1v) is 9.37. The number of carboxylic acid groups (broad SMARTS) is 1. The Kier molecular flexibility index (Phi) is 6.25. The number of hydrogen-bond acceptors (Lipinski definition) is 5. The van der Waals surface area contributed by atoms with E-state index in [1.807, 2.05) is 29.2 Å². The zero-order valence-electron chi connectivity index (χ0n) is 15.9. The number of nitrogen functional groups attached to an aromatic ring is 1. The summed E-state index contributed by atoms with van der Waals surface area (Å²) in [6, 6.07) is 9.98. The van der Waals surface area contributed by atoms with Crippen molar-refractivity contribution in [2.45, 2.75) is 31.5 Å². The number of rotatable bonds is 2. The lowest BCUT2D eigenvalue weighted by molar-refractivity contribution is -0.192. The van der Waals surface area contributed by atoms with E-state index >= 15 is 0 Å². The molecule has 1 amide bonds. The molecule has 1 atom stereocenters. The summed E-state index contributed by atoms with van der Waals surface area (Å²) >= 11 is 0. The molecule has 0 spiro atoms. The normalized spacial score (nSPS) is 17.8. The Morgan fingerprint density at radius 3 is 2.60 bits per heavy atom. The Hall–Kier alpha value is -3.14. The number of carbonyl (C=O) groups is 2. The van der Waals surface area contributed by atoms with Gasteiger partial charge in [-0.15, -0.1) is 0 Å². The van der Waals surface area contributed by atoms with Gasteiger partial charge in [-0.25, -0.2) is 9.78 Å². The maximum atomic E-state index is 12.7. The number of nitrogens with two attached hydrogens (primary N) is 1. The highest BCUT2D eigenvalue weighted by Gasteiger charge is 2.38. The van der Waals surface area contributed by atoms with Gasteiger partial charge >= 0.3 is 12.1 Å². The molecule has 0 unspecified atom stereocenters. The van der Waals surface area contributed by atoms with E-state index < -0.39 is 12.1 Å². The fourth-order valence-corrected chi connectivity index (χ4v) is 3.63. The molecule has 4 rings (SSSR count). The number of hydrogen-bond donors (Lipinski definition) is 3. The van der Waals surface area contributed by atoms with Crippen molar-refractivity contribution in [1.29, 1.82) is 0 Å². The van der Waals surface area contributed by atoms with Gasteiger partial charge in [-0.3, -0.25) is 4.79 Å². The Labute approximate surface area is 170 Å². The summed E-state index contributed by atoms with van der Waals surface area (Å²) in [5.74, 6) is -2.04. The number of nitrogens with zero attached hydrogens (tertiary/aromatic N) is 2. The van der Waals surface area contributed by atoms with Gasteiger partial charge in [0.2, 0.25) is 5.91 Å². The van der Waals surface area contributed by atoms with Crippen LogP contribution in [0.25, 0.3) is 11.1 Å². The third-order valence-electron chi connectivity index (χ3n) is 4.99. The molecule has 0 aliphatic carbocycles. The molecule has 0 bridgehead atoms. The molecule has 7 nitrogen and oxygen atoms in total. The molecule has 1 fully saturated rings. The third kappa shape index (κ3) is 4.70. The van der Waals surface area contributed by atoms with E-state index in [1.165, 1.54) is 5.56 Å². The molecule has 1 aromatic carbocycles. The van der Waals surface area contributed by atoms with Gasteiger partial charge in [0, 0.05) is 18.4 Å². The second kappa shape index (κ2) is 8.70. The zero-order chi connectivity index (χ0) is 21.9. The topological polar surface area (TPSA) is 109 Å². The third-order valence-corrected chi connectivity index (χ3v) is 4.99. The van der Waals surface area contributed by atoms with Crippen LogP contribution in [-0.2, 0) is 16.0 Å². The van der Waals surface area contributed by atoms with Gasteiger partial charge in [0.1, 0.15) is 5.82 Å². The monoisotopic (exact) mass is 422 g/mol. The van der Waals surface area contributed by atoms with E-state index in [-0.39, 0.29) is 11.9 Å². The van der Waals surface area contributed by atoms with Crippen molar-refractivity contribution in [3.63, 3.8) is 0 Å². The van der Waals surface area contributed by atoms with Crippen LogP contribution >= 0.6 is 0 Å². The first-order chi connectivity index (χ1) is 14.2. The number of anilines is 2. The fraction of sp³-hybridized carbons (Fsp3) is 0.350. The summed E-state index contributed by atoms with van der Waals surface area (Å²) in [5, 5.41) is 10.4. The highest BCUT2D eigenvalue weighted by atomic mass is 19.4. The molecule has 1 aromatic heterocycles. The second-order valence-electron chi connectivity index (χ2n) is 6.96. The molecular formula is C20H21F3N4O3. The lowest BCUT2D eigenvalue weighted by Crippen LogP contribution is -2.42. The van der Waals surface area contributed by atoms with Crippen molar-refractivity contribution in [3.05, 3.63) is 42.1 Å². The van der Waals surface area contributed by atoms with E-state index in [1.54, 1.807) is 6.20 Å². The van der Waals surface area contributed by atoms with Gasteiger partial charge in [-0.2, -0.15) is 13.2 Å². The minimum Gasteiger partial charge on any atom is -0.475 e. The SMILES string of the molecule is Nc1cc(-c2cccc3c2CCN3C(=O)[C@@H]2CCCN2)ccn1.O=C(O)C(F)(F)F. The number of amides is 1. The van der Waals surface area contributed by atoms with Crippen LogP contribution in [0.4, 0.5) is 24.7 Å². The highest BCUT2D eigenvalue weighted by molar-refractivity contribution is 6.00. The molecule has 0 radical (unpaired) electrons. The molecule has 0 saturated carbocycles. The molecule has 2 aromatic rings. The van der Waals surface area contributed by atoms with E-state index in [2.05, 4.69) is 16.4 Å². The van der Waals surface area contributed by atoms with Crippen molar-refractivity contribution in [2.75, 3.05) is 23.7 Å². The number of carbonyl (C=O) groups excluding carboxylic acids is 1. The molecule has 1 saturated heterocycles. The average molecular weight is 422 g/mol. The summed E-state index contributed by atoms with van der Waals surface area (Å²) in [6.45, 7) is 1.69. The highest BCUT2D eigenvalue weighted by Crippen LogP contribution is 2.37. The maximum Gasteiger partial charge on any atom is 0.490 e. The van der Waals surface area contributed by atoms with Crippen LogP contribution in [0.5, 0.6) is 0 Å². The first kappa shape index (κ1) is 21.6. The number of halogens is 3. The molecular weight excluding hydrogens is 401 g/mol. The van der Waals surface area contributed by atoms with Gasteiger partial charge in [0.25, 0.3) is 0 Å². The Bertz CT molecular complexity index is 943. The molecule has 3 heterocycles. The van der Waals surface area contributed by atoms with Crippen molar-refractivity contribution in [2.24, 2.45) is 0 Å². The van der Waals surface area contributed by atoms with Gasteiger partial charge in [-0.05, 0) is 60.7 Å². The van der Waals surface area contributed by atoms with Gasteiger partial charge < -0.3 is 21.1 Å². The summed E-state index contributed by atoms with van der Waals surface area (Å²) in [5.41, 5.74) is 10.3. The molecule has 30 heavy (non-hydrogen) atoms. The van der Waals surface area contributed by atoms with Crippen LogP contribution < -0.4 is 16.0 Å². The number of pyridine rings is 1. The Morgan fingerprint density at radius 2 is 2.00 bits per heavy atom. The van der Waals surface area contributed by atoms with E-state index in [4.69, 9.17) is 15.6 Å². The molecule has 2 aliphatic rings. The summed E-state index contributed by atoms with van der Waals surface area (Å²) in [7, 11) is 0. The van der Waals surface area contributed by atoms with Crippen LogP contribution in [0.2, 0.25) is 0 Å². The summed E-state index contributed by atoms with van der Waals surface area (Å²) in [6.07, 6.45) is -0.463. The summed E-state index contributed by atoms with van der Waals surface area (Å²) < 4.78 is 31.7. The van der Waals surface area contributed by atoms with Crippen LogP contribution in [0, 0.1) is 0 Å². The standard InChI is InChI=1S/C18H20N4O.C2HF3O2/c19-17-11-12(6-9-21-17)13-3-1-5-16-14(13)7-10-22(16)18(23)15-4-2-8-20-15;3-2(4,5)1(6)7/h1,3,5-6,9,11,15,20H,2,4,7-8,10H2,(H2,19,21);(H,6,7)/t15-;/m0./s1. The number of fused-ring (bicyclic) bond motifs is 1. The molecule has 2 aliphatic heterocycles. The van der Waals surface area contributed by atoms with Crippen molar-refractivity contribution in [1.82, 2.24) is 10.3 Å². The predicted molar refractivity (Wildman–Crippen MR) is 105 cm³/mol. The molecule has 160 valence electrons. The van der Waals surface area contributed by atoms with Gasteiger partial charge in [-0.1, -0.05) is 12.1 Å². The number of benzene rings is 1. The van der Waals surface area contributed by atoms with Crippen LogP contribution in [0.15, 0.2) is 36.5 Å². The molecule has 10 heteroatoms. The Balaban J connectivity index is 0.000000318. The van der Waals surface area contributed by atoms with Crippen LogP contribution in [0.1, 0.15) is 18.4 Å². The summed E-state index contributed by atoms with van der Waals surface area (Å²) in [4.78, 5) is 27.6. The van der Waals surface area contributed by atoms with Crippen molar-refractivity contribution >= 4 is 23.4 Å². The fourth-order valence-electron chi connectivity index (χ4n) is 3.63. The lowest BCUT2D eigenvalue weighted by Gasteiger charge is -2.21. The predicted octanol–water partition coefficient (Wildman–Crippen LogP) is 2.61. The van der Waals surface area contributed by atoms with Crippen LogP contribution in [-0.4, -0.2) is 47.3 Å². The first-order valence-electron chi connectivity index (χ1n) is 9.37. The van der Waals surface area contributed by atoms with E-state index in [0.717, 1.165) is 49.2 Å². The quantitative estimate of drug-likeness (QED) is 0.687. The minimum atomic E-state index is -5.08. The average Bonchev–Trinajstić information content (AvgIpc) is 3.37. The smallest absolute Gasteiger partial charge is 0.475 e. The number of aliphatic carboxylic acids is 1. The van der Waals surface area contributed by atoms with Crippen molar-refractivity contribution < 1.29 is 27.9 Å². The number of aromatic nitrogens is 1. The second-order valence-corrected chi connectivity index (χ2v) is 6.96. The lowest BCUT2D eigenvalue weighted by atomic mass is 9.98. The number of nitrogens with one attached hydrogen (secondary N) is 1. The van der Waals surface area contributed by atoms with Gasteiger partial charge in [0.15, 0.2) is 0 Å². The van der Waals surface area contributed by atoms with E-state index in [9.17, 15) is 18.0 Å². The van der Waals surface area contributed by atoms with E-state index in [0.29, 0.717) is 5.82 Å².